The van der Waals surface area contributed by atoms with Crippen LogP contribution in [0.15, 0.2) is 102 Å². The second-order valence-corrected chi connectivity index (χ2v) is 11.3. The van der Waals surface area contributed by atoms with Crippen molar-refractivity contribution < 1.29 is 45.3 Å². The molecule has 39 heavy (non-hydrogen) atoms. The molecule has 1 saturated heterocycles. The highest BCUT2D eigenvalue weighted by atomic mass is 32.2. The minimum Gasteiger partial charge on any atom is -0.457 e. The van der Waals surface area contributed by atoms with Crippen LogP contribution in [0.3, 0.4) is 0 Å². The molecular weight excluding hydrogens is 546 g/mol. The van der Waals surface area contributed by atoms with Crippen LogP contribution >= 0.6 is 0 Å². The van der Waals surface area contributed by atoms with E-state index in [1.807, 2.05) is 24.3 Å². The third kappa shape index (κ3) is 5.88. The molecule has 0 saturated carbocycles. The van der Waals surface area contributed by atoms with Crippen molar-refractivity contribution in [2.75, 3.05) is 0 Å². The van der Waals surface area contributed by atoms with Gasteiger partial charge in [-0.2, -0.15) is 26.3 Å². The van der Waals surface area contributed by atoms with Gasteiger partial charge in [-0.05, 0) is 60.7 Å². The zero-order valence-corrected chi connectivity index (χ0v) is 20.7. The van der Waals surface area contributed by atoms with E-state index in [1.54, 1.807) is 0 Å². The van der Waals surface area contributed by atoms with E-state index in [9.17, 15) is 31.1 Å². The van der Waals surface area contributed by atoms with Gasteiger partial charge in [-0.25, -0.2) is 4.79 Å². The van der Waals surface area contributed by atoms with Crippen LogP contribution in [-0.2, 0) is 15.6 Å². The monoisotopic (exact) mass is 567 g/mol. The first-order valence-corrected chi connectivity index (χ1v) is 13.2. The van der Waals surface area contributed by atoms with Crippen LogP contribution in [0.4, 0.5) is 31.1 Å². The molecule has 0 aromatic heterocycles. The predicted octanol–water partition coefficient (Wildman–Crippen LogP) is 7.70. The Labute approximate surface area is 222 Å². The van der Waals surface area contributed by atoms with Gasteiger partial charge in [0.05, 0.1) is 0 Å². The van der Waals surface area contributed by atoms with Crippen LogP contribution in [-0.4, -0.2) is 35.1 Å². The smallest absolute Gasteiger partial charge is 0.457 e. The van der Waals surface area contributed by atoms with Crippen LogP contribution in [0, 0.1) is 11.8 Å². The highest BCUT2D eigenvalue weighted by Gasteiger charge is 2.60. The Morgan fingerprint density at radius 1 is 0.667 bits per heavy atom. The van der Waals surface area contributed by atoms with Crippen molar-refractivity contribution in [3.8, 4) is 17.2 Å². The van der Waals surface area contributed by atoms with Gasteiger partial charge in [-0.3, -0.25) is 0 Å². The molecule has 0 spiro atoms. The van der Waals surface area contributed by atoms with Gasteiger partial charge in [-0.15, -0.1) is 0 Å². The Bertz CT molecular complexity index is 1260. The Balaban J connectivity index is 1.22. The second kappa shape index (κ2) is 10.5. The summed E-state index contributed by atoms with van der Waals surface area (Å²) in [5, 5.41) is 0.817. The standard InChI is InChI=1S/C28H21F6O4S/c29-27(30,31)25(28(32,33)34)38-26(35)37-19-11-9-17(10-12-19)36-18-13-15-20(16-14-18)39-23-7-3-1-5-21(23)22-6-2-4-8-24(22)39/h1-16,21-25H/q+1. The first kappa shape index (κ1) is 27.0. The molecule has 1 heterocycles. The molecule has 0 radical (unpaired) electrons. The van der Waals surface area contributed by atoms with Crippen LogP contribution in [0.2, 0.25) is 0 Å². The number of hydrogen-bond acceptors (Lipinski definition) is 4. The largest absolute Gasteiger partial charge is 0.514 e. The summed E-state index contributed by atoms with van der Waals surface area (Å²) in [6.07, 6.45) is -0.547. The normalized spacial score (nSPS) is 25.4. The Morgan fingerprint density at radius 2 is 1.10 bits per heavy atom. The maximum Gasteiger partial charge on any atom is 0.514 e. The number of halogens is 6. The second-order valence-electron chi connectivity index (χ2n) is 8.97. The lowest BCUT2D eigenvalue weighted by molar-refractivity contribution is -0.309. The lowest BCUT2D eigenvalue weighted by atomic mass is 9.83. The molecule has 2 aliphatic carbocycles. The van der Waals surface area contributed by atoms with Gasteiger partial charge in [0.1, 0.15) is 27.7 Å². The summed E-state index contributed by atoms with van der Waals surface area (Å²) in [4.78, 5) is 12.7. The fourth-order valence-electron chi connectivity index (χ4n) is 4.82. The molecule has 1 fully saturated rings. The number of allylic oxidation sites excluding steroid dienone is 6. The first-order valence-electron chi connectivity index (χ1n) is 11.8. The van der Waals surface area contributed by atoms with Crippen LogP contribution < -0.4 is 9.47 Å². The van der Waals surface area contributed by atoms with Gasteiger partial charge in [0, 0.05) is 22.7 Å². The molecule has 4 nitrogen and oxygen atoms in total. The molecule has 0 N–H and O–H groups in total. The molecule has 4 unspecified atom stereocenters. The van der Waals surface area contributed by atoms with Gasteiger partial charge in [0.15, 0.2) is 4.90 Å². The number of fused-ring (bicyclic) bond motifs is 3. The van der Waals surface area contributed by atoms with E-state index in [2.05, 4.69) is 58.1 Å². The van der Waals surface area contributed by atoms with E-state index in [0.717, 1.165) is 12.1 Å². The highest BCUT2D eigenvalue weighted by molar-refractivity contribution is 7.98. The Hall–Kier alpha value is -3.60. The molecule has 2 aromatic carbocycles. The van der Waals surface area contributed by atoms with Crippen molar-refractivity contribution >= 4 is 17.1 Å². The number of alkyl halides is 6. The van der Waals surface area contributed by atoms with Gasteiger partial charge in [-0.1, -0.05) is 36.5 Å². The number of carbonyl (C=O) groups excluding carboxylic acids is 1. The quantitative estimate of drug-likeness (QED) is 0.161. The molecule has 0 amide bonds. The fourth-order valence-corrected chi connectivity index (χ4v) is 8.00. The minimum atomic E-state index is -5.83. The van der Waals surface area contributed by atoms with Gasteiger partial charge >= 0.3 is 18.5 Å². The maximum absolute atomic E-state index is 12.6. The lowest BCUT2D eigenvalue weighted by Crippen LogP contribution is -2.46. The number of hydrogen-bond donors (Lipinski definition) is 0. The van der Waals surface area contributed by atoms with E-state index in [4.69, 9.17) is 4.74 Å². The number of carbonyl (C=O) groups is 1. The molecule has 204 valence electrons. The number of benzene rings is 2. The van der Waals surface area contributed by atoms with Crippen molar-refractivity contribution in [1.29, 1.82) is 0 Å². The summed E-state index contributed by atoms with van der Waals surface area (Å²) in [7, 11) is -0.0360. The average Bonchev–Trinajstić information content (AvgIpc) is 3.22. The maximum atomic E-state index is 12.6. The molecule has 3 aliphatic rings. The SMILES string of the molecule is O=C(Oc1ccc(Oc2ccc([S+]3C4C=CC=CC4C4C=CC=CC43)cc2)cc1)OC(C(F)(F)F)C(F)(F)F. The predicted molar refractivity (Wildman–Crippen MR) is 133 cm³/mol. The molecule has 5 rings (SSSR count). The van der Waals surface area contributed by atoms with Crippen LogP contribution in [0.5, 0.6) is 17.2 Å². The summed E-state index contributed by atoms with van der Waals surface area (Å²) in [5.74, 6) is 1.43. The Kier molecular flexibility index (Phi) is 7.28. The number of ether oxygens (including phenoxy) is 3. The average molecular weight is 568 g/mol. The molecule has 4 atom stereocenters. The molecular formula is C28H21F6O4S+. The van der Waals surface area contributed by atoms with E-state index in [-0.39, 0.29) is 16.6 Å². The zero-order valence-electron chi connectivity index (χ0n) is 19.9. The van der Waals surface area contributed by atoms with Gasteiger partial charge < -0.3 is 14.2 Å². The lowest BCUT2D eigenvalue weighted by Gasteiger charge is -2.22. The minimum absolute atomic E-state index is 0.0360. The zero-order chi connectivity index (χ0) is 27.8. The first-order chi connectivity index (χ1) is 18.5. The molecule has 1 aliphatic heterocycles. The molecule has 11 heteroatoms. The van der Waals surface area contributed by atoms with E-state index < -0.39 is 24.6 Å². The summed E-state index contributed by atoms with van der Waals surface area (Å²) >= 11 is 0. The van der Waals surface area contributed by atoms with E-state index >= 15 is 0 Å². The van der Waals surface area contributed by atoms with Gasteiger partial charge in [0.2, 0.25) is 0 Å². The Morgan fingerprint density at radius 3 is 1.59 bits per heavy atom. The van der Waals surface area contributed by atoms with Crippen molar-refractivity contribution in [3.05, 3.63) is 97.1 Å². The topological polar surface area (TPSA) is 44.8 Å². The highest BCUT2D eigenvalue weighted by Crippen LogP contribution is 2.48. The summed E-state index contributed by atoms with van der Waals surface area (Å²) < 4.78 is 89.1. The van der Waals surface area contributed by atoms with Crippen LogP contribution in [0.1, 0.15) is 0 Å². The summed E-state index contributed by atoms with van der Waals surface area (Å²) in [6.45, 7) is 0. The third-order valence-corrected chi connectivity index (χ3v) is 9.38. The van der Waals surface area contributed by atoms with Crippen molar-refractivity contribution in [3.63, 3.8) is 0 Å². The van der Waals surface area contributed by atoms with E-state index in [1.165, 1.54) is 17.0 Å². The van der Waals surface area contributed by atoms with Gasteiger partial charge in [0.25, 0.3) is 6.10 Å². The van der Waals surface area contributed by atoms with Crippen molar-refractivity contribution in [2.24, 2.45) is 11.8 Å². The summed E-state index contributed by atoms with van der Waals surface area (Å²) in [5.41, 5.74) is 0. The molecule has 0 bridgehead atoms. The third-order valence-electron chi connectivity index (χ3n) is 6.45. The number of rotatable bonds is 5. The van der Waals surface area contributed by atoms with Crippen molar-refractivity contribution in [2.45, 2.75) is 33.9 Å². The molecule has 2 aromatic rings. The van der Waals surface area contributed by atoms with Crippen LogP contribution in [0.25, 0.3) is 0 Å². The van der Waals surface area contributed by atoms with E-state index in [0.29, 0.717) is 33.8 Å². The fraction of sp³-hybridized carbons (Fsp3) is 0.250. The summed E-state index contributed by atoms with van der Waals surface area (Å²) in [6, 6.07) is 12.8. The van der Waals surface area contributed by atoms with Crippen molar-refractivity contribution in [1.82, 2.24) is 0 Å².